The third-order valence-electron chi connectivity index (χ3n) is 5.54. The SMILES string of the molecule is Cc1cccc(CC(=O)N(Cc2ccc(Cl)c(Cl)c2)[C@@H](Cc2ccccc2)C(=O)NC(C)(C)C)c1. The van der Waals surface area contributed by atoms with E-state index in [0.717, 1.165) is 22.3 Å². The fourth-order valence-electron chi connectivity index (χ4n) is 3.94. The van der Waals surface area contributed by atoms with E-state index < -0.39 is 11.6 Å². The maximum atomic E-state index is 13.8. The molecule has 0 aliphatic carbocycles. The van der Waals surface area contributed by atoms with Crippen molar-refractivity contribution in [3.05, 3.63) is 105 Å². The zero-order valence-electron chi connectivity index (χ0n) is 20.6. The Morgan fingerprint density at radius 2 is 1.54 bits per heavy atom. The average molecular weight is 511 g/mol. The summed E-state index contributed by atoms with van der Waals surface area (Å²) in [6.45, 7) is 8.03. The number of nitrogens with zero attached hydrogens (tertiary/aromatic N) is 1. The van der Waals surface area contributed by atoms with Crippen molar-refractivity contribution in [3.8, 4) is 0 Å². The maximum Gasteiger partial charge on any atom is 0.243 e. The summed E-state index contributed by atoms with van der Waals surface area (Å²) in [5.41, 5.74) is 3.32. The maximum absolute atomic E-state index is 13.8. The Labute approximate surface area is 218 Å². The number of carbonyl (C=O) groups is 2. The van der Waals surface area contributed by atoms with Crippen LogP contribution in [0.1, 0.15) is 43.0 Å². The zero-order valence-corrected chi connectivity index (χ0v) is 22.2. The van der Waals surface area contributed by atoms with Crippen LogP contribution >= 0.6 is 23.2 Å². The van der Waals surface area contributed by atoms with Gasteiger partial charge >= 0.3 is 0 Å². The van der Waals surface area contributed by atoms with Gasteiger partial charge in [0.2, 0.25) is 11.8 Å². The van der Waals surface area contributed by atoms with Crippen molar-refractivity contribution in [1.29, 1.82) is 0 Å². The van der Waals surface area contributed by atoms with Gasteiger partial charge in [-0.15, -0.1) is 0 Å². The second-order valence-corrected chi connectivity index (χ2v) is 10.7. The second kappa shape index (κ2) is 11.7. The number of hydrogen-bond donors (Lipinski definition) is 1. The average Bonchev–Trinajstić information content (AvgIpc) is 2.78. The lowest BCUT2D eigenvalue weighted by Gasteiger charge is -2.34. The van der Waals surface area contributed by atoms with Crippen molar-refractivity contribution < 1.29 is 9.59 Å². The van der Waals surface area contributed by atoms with Gasteiger partial charge in [0.1, 0.15) is 6.04 Å². The molecular weight excluding hydrogens is 479 g/mol. The van der Waals surface area contributed by atoms with Crippen molar-refractivity contribution >= 4 is 35.0 Å². The van der Waals surface area contributed by atoms with Gasteiger partial charge in [0.15, 0.2) is 0 Å². The molecule has 3 rings (SSSR count). The van der Waals surface area contributed by atoms with Crippen molar-refractivity contribution in [3.63, 3.8) is 0 Å². The van der Waals surface area contributed by atoms with Crippen LogP contribution in [0.2, 0.25) is 10.0 Å². The minimum absolute atomic E-state index is 0.133. The first-order valence-corrected chi connectivity index (χ1v) is 12.4. The van der Waals surface area contributed by atoms with Gasteiger partial charge in [0.05, 0.1) is 16.5 Å². The van der Waals surface area contributed by atoms with E-state index in [1.165, 1.54) is 0 Å². The molecule has 0 aliphatic heterocycles. The van der Waals surface area contributed by atoms with E-state index in [1.807, 2.05) is 88.4 Å². The van der Waals surface area contributed by atoms with Crippen LogP contribution in [0.25, 0.3) is 0 Å². The van der Waals surface area contributed by atoms with Gasteiger partial charge < -0.3 is 10.2 Å². The third kappa shape index (κ3) is 8.12. The molecule has 3 aromatic rings. The Morgan fingerprint density at radius 1 is 0.857 bits per heavy atom. The molecule has 3 aromatic carbocycles. The molecule has 35 heavy (non-hydrogen) atoms. The quantitative estimate of drug-likeness (QED) is 0.381. The molecule has 1 atom stereocenters. The smallest absolute Gasteiger partial charge is 0.243 e. The minimum atomic E-state index is -0.705. The van der Waals surface area contributed by atoms with Crippen LogP contribution in [0.4, 0.5) is 0 Å². The minimum Gasteiger partial charge on any atom is -0.350 e. The van der Waals surface area contributed by atoms with Crippen molar-refractivity contribution in [2.75, 3.05) is 0 Å². The molecule has 0 bridgehead atoms. The Morgan fingerprint density at radius 3 is 2.17 bits per heavy atom. The highest BCUT2D eigenvalue weighted by Gasteiger charge is 2.32. The van der Waals surface area contributed by atoms with Gasteiger partial charge in [-0.2, -0.15) is 0 Å². The van der Waals surface area contributed by atoms with Gasteiger partial charge in [0.25, 0.3) is 0 Å². The third-order valence-corrected chi connectivity index (χ3v) is 6.28. The summed E-state index contributed by atoms with van der Waals surface area (Å²) in [5.74, 6) is -0.328. The van der Waals surface area contributed by atoms with Gasteiger partial charge in [-0.3, -0.25) is 9.59 Å². The van der Waals surface area contributed by atoms with Crippen LogP contribution < -0.4 is 5.32 Å². The molecule has 0 fully saturated rings. The Hall–Kier alpha value is -2.82. The zero-order chi connectivity index (χ0) is 25.6. The molecule has 0 unspecified atom stereocenters. The van der Waals surface area contributed by atoms with Crippen molar-refractivity contribution in [2.24, 2.45) is 0 Å². The molecule has 0 saturated carbocycles. The first-order chi connectivity index (χ1) is 16.5. The molecule has 0 aromatic heterocycles. The van der Waals surface area contributed by atoms with E-state index >= 15 is 0 Å². The highest BCUT2D eigenvalue weighted by molar-refractivity contribution is 6.42. The number of aryl methyl sites for hydroxylation is 1. The normalized spacial score (nSPS) is 12.2. The summed E-state index contributed by atoms with van der Waals surface area (Å²) in [7, 11) is 0. The second-order valence-electron chi connectivity index (χ2n) is 9.88. The van der Waals surface area contributed by atoms with E-state index in [-0.39, 0.29) is 24.8 Å². The first-order valence-electron chi connectivity index (χ1n) is 11.7. The van der Waals surface area contributed by atoms with Crippen LogP contribution in [0.5, 0.6) is 0 Å². The number of nitrogens with one attached hydrogen (secondary N) is 1. The summed E-state index contributed by atoms with van der Waals surface area (Å²) < 4.78 is 0. The topological polar surface area (TPSA) is 49.4 Å². The predicted molar refractivity (Wildman–Crippen MR) is 144 cm³/mol. The van der Waals surface area contributed by atoms with Gasteiger partial charge in [-0.05, 0) is 56.5 Å². The largest absolute Gasteiger partial charge is 0.350 e. The Balaban J connectivity index is 2.01. The lowest BCUT2D eigenvalue weighted by molar-refractivity contribution is -0.141. The number of benzene rings is 3. The molecule has 1 N–H and O–H groups in total. The number of halogens is 2. The number of rotatable bonds is 8. The molecule has 0 aliphatic rings. The molecule has 4 nitrogen and oxygen atoms in total. The first kappa shape index (κ1) is 26.8. The summed E-state index contributed by atoms with van der Waals surface area (Å²) in [4.78, 5) is 29.0. The standard InChI is InChI=1S/C29H32Cl2N2O2/c1-20-9-8-12-22(15-20)18-27(34)33(19-23-13-14-24(30)25(31)16-23)26(28(35)32-29(2,3)4)17-21-10-6-5-7-11-21/h5-16,26H,17-19H2,1-4H3,(H,32,35)/t26-/m0/s1. The molecule has 184 valence electrons. The molecule has 6 heteroatoms. The van der Waals surface area contributed by atoms with E-state index in [1.54, 1.807) is 17.0 Å². The van der Waals surface area contributed by atoms with Gasteiger partial charge in [-0.1, -0.05) is 89.4 Å². The highest BCUT2D eigenvalue weighted by Crippen LogP contribution is 2.25. The number of carbonyl (C=O) groups excluding carboxylic acids is 2. The predicted octanol–water partition coefficient (Wildman–Crippen LogP) is 6.40. The van der Waals surface area contributed by atoms with E-state index in [4.69, 9.17) is 23.2 Å². The van der Waals surface area contributed by atoms with Gasteiger partial charge in [0, 0.05) is 18.5 Å². The lowest BCUT2D eigenvalue weighted by Crippen LogP contribution is -2.54. The number of hydrogen-bond acceptors (Lipinski definition) is 2. The van der Waals surface area contributed by atoms with Crippen LogP contribution in [-0.2, 0) is 29.0 Å². The molecule has 0 saturated heterocycles. The molecule has 0 heterocycles. The summed E-state index contributed by atoms with van der Waals surface area (Å²) >= 11 is 12.4. The van der Waals surface area contributed by atoms with E-state index in [9.17, 15) is 9.59 Å². The van der Waals surface area contributed by atoms with Crippen molar-refractivity contribution in [2.45, 2.75) is 58.7 Å². The van der Waals surface area contributed by atoms with Crippen molar-refractivity contribution in [1.82, 2.24) is 10.2 Å². The Bertz CT molecular complexity index is 1170. The fraction of sp³-hybridized carbons (Fsp3) is 0.310. The van der Waals surface area contributed by atoms with E-state index in [2.05, 4.69) is 5.32 Å². The van der Waals surface area contributed by atoms with Gasteiger partial charge in [-0.25, -0.2) is 0 Å². The highest BCUT2D eigenvalue weighted by atomic mass is 35.5. The van der Waals surface area contributed by atoms with Crippen LogP contribution in [-0.4, -0.2) is 28.3 Å². The fourth-order valence-corrected chi connectivity index (χ4v) is 4.26. The Kier molecular flexibility index (Phi) is 8.98. The number of amides is 2. The van der Waals surface area contributed by atoms with Crippen LogP contribution in [0.3, 0.4) is 0 Å². The molecular formula is C29H32Cl2N2O2. The molecule has 2 amide bonds. The molecule has 0 spiro atoms. The summed E-state index contributed by atoms with van der Waals surface area (Å²) in [5, 5.41) is 3.93. The monoisotopic (exact) mass is 510 g/mol. The van der Waals surface area contributed by atoms with E-state index in [0.29, 0.717) is 16.5 Å². The molecule has 0 radical (unpaired) electrons. The summed E-state index contributed by atoms with van der Waals surface area (Å²) in [6, 6.07) is 22.2. The van der Waals surface area contributed by atoms with Crippen LogP contribution in [0, 0.1) is 6.92 Å². The summed E-state index contributed by atoms with van der Waals surface area (Å²) in [6.07, 6.45) is 0.584. The van der Waals surface area contributed by atoms with Crippen LogP contribution in [0.15, 0.2) is 72.8 Å². The lowest BCUT2D eigenvalue weighted by atomic mass is 9.99.